The number of carbonyl (C=O) groups excluding carboxylic acids is 4. The zero-order chi connectivity index (χ0) is 40.5. The van der Waals surface area contributed by atoms with E-state index in [1.165, 1.54) is 0 Å². The van der Waals surface area contributed by atoms with E-state index in [0.717, 1.165) is 37.7 Å². The van der Waals surface area contributed by atoms with Gasteiger partial charge >= 0.3 is 0 Å². The van der Waals surface area contributed by atoms with Crippen LogP contribution in [0.5, 0.6) is 0 Å². The summed E-state index contributed by atoms with van der Waals surface area (Å²) in [4.78, 5) is 68.4. The van der Waals surface area contributed by atoms with Crippen LogP contribution in [0.3, 0.4) is 0 Å². The molecule has 2 saturated heterocycles. The van der Waals surface area contributed by atoms with Crippen LogP contribution in [0, 0.1) is 23.7 Å². The lowest BCUT2D eigenvalue weighted by molar-refractivity contribution is -0.147. The van der Waals surface area contributed by atoms with Crippen LogP contribution in [0.25, 0.3) is 0 Å². The maximum atomic E-state index is 14.3. The highest BCUT2D eigenvalue weighted by Crippen LogP contribution is 2.35. The number of benzene rings is 1. The van der Waals surface area contributed by atoms with E-state index in [9.17, 15) is 19.2 Å². The number of nitrogens with one attached hydrogen (secondary N) is 3. The van der Waals surface area contributed by atoms with Gasteiger partial charge in [-0.1, -0.05) is 71.4 Å². The monoisotopic (exact) mass is 775 g/mol. The molecule has 7 unspecified atom stereocenters. The van der Waals surface area contributed by atoms with Gasteiger partial charge in [0.15, 0.2) is 5.82 Å². The van der Waals surface area contributed by atoms with Crippen LogP contribution >= 0.6 is 0 Å². The molecule has 0 spiro atoms. The second-order valence-corrected chi connectivity index (χ2v) is 16.6. The number of piperidine rings is 1. The summed E-state index contributed by atoms with van der Waals surface area (Å²) in [6, 6.07) is 9.83. The largest absolute Gasteiger partial charge is 0.379 e. The van der Waals surface area contributed by atoms with Crippen LogP contribution in [0.4, 0.5) is 0 Å². The fourth-order valence-corrected chi connectivity index (χ4v) is 9.28. The molecule has 1 saturated carbocycles. The Morgan fingerprint density at radius 3 is 2.27 bits per heavy atom. The SMILES string of the molecule is CCC(C)C(C(CC(=O)N1CCC[C@H]1C(OC)C(C)C(=O)NC(Cc1ccccc1)c1ncccn1)OC)N(C)C(=O)C(NC(=O)[C@H]1N[C@@H]2CC[C@H]1C2)C(C)C. The Morgan fingerprint density at radius 2 is 1.68 bits per heavy atom. The summed E-state index contributed by atoms with van der Waals surface area (Å²) < 4.78 is 12.1. The molecule has 13 heteroatoms. The maximum absolute atomic E-state index is 14.3. The van der Waals surface area contributed by atoms with Gasteiger partial charge in [0.2, 0.25) is 23.6 Å². The smallest absolute Gasteiger partial charge is 0.245 e. The van der Waals surface area contributed by atoms with Crippen LogP contribution in [-0.4, -0.2) is 114 Å². The summed E-state index contributed by atoms with van der Waals surface area (Å²) in [5.41, 5.74) is 1.04. The molecule has 3 heterocycles. The fourth-order valence-electron chi connectivity index (χ4n) is 9.28. The number of methoxy groups -OCH3 is 2. The number of rotatable bonds is 19. The number of amides is 4. The van der Waals surface area contributed by atoms with Gasteiger partial charge in [-0.25, -0.2) is 9.97 Å². The number of fused-ring (bicyclic) bond motifs is 2. The van der Waals surface area contributed by atoms with E-state index in [1.54, 1.807) is 44.6 Å². The third kappa shape index (κ3) is 10.1. The molecule has 13 nitrogen and oxygen atoms in total. The molecule has 308 valence electrons. The van der Waals surface area contributed by atoms with Gasteiger partial charge in [0.05, 0.1) is 48.7 Å². The van der Waals surface area contributed by atoms with Crippen molar-refractivity contribution in [2.24, 2.45) is 23.7 Å². The molecule has 3 N–H and O–H groups in total. The van der Waals surface area contributed by atoms with Gasteiger partial charge in [-0.15, -0.1) is 0 Å². The first-order valence-corrected chi connectivity index (χ1v) is 20.7. The predicted octanol–water partition coefficient (Wildman–Crippen LogP) is 4.08. The highest BCUT2D eigenvalue weighted by molar-refractivity contribution is 5.90. The lowest BCUT2D eigenvalue weighted by Gasteiger charge is -2.41. The van der Waals surface area contributed by atoms with Crippen molar-refractivity contribution >= 4 is 23.6 Å². The van der Waals surface area contributed by atoms with Gasteiger partial charge in [-0.2, -0.15) is 0 Å². The molecule has 1 aromatic heterocycles. The average molecular weight is 776 g/mol. The Labute approximate surface area is 333 Å². The number of aromatic nitrogens is 2. The van der Waals surface area contributed by atoms with Crippen LogP contribution in [0.1, 0.15) is 97.0 Å². The molecule has 56 heavy (non-hydrogen) atoms. The van der Waals surface area contributed by atoms with Crippen molar-refractivity contribution in [3.63, 3.8) is 0 Å². The second-order valence-electron chi connectivity index (χ2n) is 16.6. The lowest BCUT2D eigenvalue weighted by Crippen LogP contribution is -2.59. The molecule has 2 bridgehead atoms. The number of carbonyl (C=O) groups is 4. The first kappa shape index (κ1) is 43.2. The third-order valence-electron chi connectivity index (χ3n) is 12.6. The maximum Gasteiger partial charge on any atom is 0.245 e. The van der Waals surface area contributed by atoms with Gasteiger partial charge in [0.25, 0.3) is 0 Å². The molecule has 3 aliphatic rings. The number of ether oxygens (including phenoxy) is 2. The van der Waals surface area contributed by atoms with E-state index in [2.05, 4.69) is 39.8 Å². The summed E-state index contributed by atoms with van der Waals surface area (Å²) in [5.74, 6) is -0.536. The van der Waals surface area contributed by atoms with Crippen LogP contribution in [-0.2, 0) is 35.1 Å². The molecule has 1 aromatic carbocycles. The number of hydrogen-bond acceptors (Lipinski definition) is 9. The molecule has 2 aliphatic heterocycles. The summed E-state index contributed by atoms with van der Waals surface area (Å²) in [6.45, 7) is 10.4. The van der Waals surface area contributed by atoms with E-state index in [-0.39, 0.29) is 54.0 Å². The van der Waals surface area contributed by atoms with Crippen molar-refractivity contribution < 1.29 is 28.7 Å². The van der Waals surface area contributed by atoms with Crippen molar-refractivity contribution in [3.05, 3.63) is 60.2 Å². The highest BCUT2D eigenvalue weighted by atomic mass is 16.5. The van der Waals surface area contributed by atoms with E-state index in [1.807, 2.05) is 56.0 Å². The first-order chi connectivity index (χ1) is 26.9. The molecule has 3 fully saturated rings. The standard InChI is InChI=1S/C43H65N7O6/c1-9-27(4)38(49(6)43(54)36(26(2)3)48-42(53)37-30-18-19-31(24-30)46-37)34(55-7)25-35(51)50-22-13-17-33(50)39(56-8)28(5)41(52)47-32(40-44-20-14-21-45-40)23-29-15-11-10-12-16-29/h10-12,14-16,20-21,26-28,30-34,36-39,46H,9,13,17-19,22-25H2,1-8H3,(H,47,52)(H,48,53)/t27?,28?,30-,31+,32?,33-,34?,36?,37-,38?,39?/m0/s1. The molecule has 4 amide bonds. The van der Waals surface area contributed by atoms with Gasteiger partial charge in [-0.3, -0.25) is 19.2 Å². The minimum atomic E-state index is -0.716. The second kappa shape index (κ2) is 20.0. The third-order valence-corrected chi connectivity index (χ3v) is 12.6. The zero-order valence-corrected chi connectivity index (χ0v) is 34.6. The number of likely N-dealkylation sites (N-methyl/N-ethyl adjacent to an activating group) is 1. The molecule has 5 rings (SSSR count). The van der Waals surface area contributed by atoms with E-state index >= 15 is 0 Å². The molecule has 2 aromatic rings. The molecule has 0 radical (unpaired) electrons. The van der Waals surface area contributed by atoms with Crippen molar-refractivity contribution in [2.75, 3.05) is 27.8 Å². The van der Waals surface area contributed by atoms with Crippen LogP contribution in [0.2, 0.25) is 0 Å². The van der Waals surface area contributed by atoms with Gasteiger partial charge in [-0.05, 0) is 67.9 Å². The number of hydrogen-bond donors (Lipinski definition) is 3. The Kier molecular flexibility index (Phi) is 15.4. The Bertz CT molecular complexity index is 1600. The summed E-state index contributed by atoms with van der Waals surface area (Å²) in [6.07, 6.45) is 8.09. The summed E-state index contributed by atoms with van der Waals surface area (Å²) >= 11 is 0. The molecular weight excluding hydrogens is 711 g/mol. The predicted molar refractivity (Wildman–Crippen MR) is 214 cm³/mol. The average Bonchev–Trinajstić information content (AvgIpc) is 3.99. The lowest BCUT2D eigenvalue weighted by atomic mass is 9.89. The Morgan fingerprint density at radius 1 is 0.964 bits per heavy atom. The number of likely N-dealkylation sites (tertiary alicyclic amines) is 1. The van der Waals surface area contributed by atoms with Crippen molar-refractivity contribution in [2.45, 2.75) is 134 Å². The van der Waals surface area contributed by atoms with E-state index < -0.39 is 36.3 Å². The van der Waals surface area contributed by atoms with E-state index in [4.69, 9.17) is 9.47 Å². The Hall–Kier alpha value is -3.94. The zero-order valence-electron chi connectivity index (χ0n) is 34.6. The van der Waals surface area contributed by atoms with E-state index in [0.29, 0.717) is 37.2 Å². The molecular formula is C43H65N7O6. The van der Waals surface area contributed by atoms with Gasteiger partial charge in [0, 0.05) is 46.2 Å². The minimum absolute atomic E-state index is 0.000287. The molecule has 11 atom stereocenters. The van der Waals surface area contributed by atoms with Gasteiger partial charge < -0.3 is 35.2 Å². The highest BCUT2D eigenvalue weighted by Gasteiger charge is 2.46. The van der Waals surface area contributed by atoms with Crippen LogP contribution < -0.4 is 16.0 Å². The Balaban J connectivity index is 1.27. The normalized spacial score (nSPS) is 24.2. The summed E-state index contributed by atoms with van der Waals surface area (Å²) in [5, 5.41) is 9.72. The quantitative estimate of drug-likeness (QED) is 0.192. The first-order valence-electron chi connectivity index (χ1n) is 20.7. The molecule has 1 aliphatic carbocycles. The summed E-state index contributed by atoms with van der Waals surface area (Å²) in [7, 11) is 4.94. The van der Waals surface area contributed by atoms with Gasteiger partial charge in [0.1, 0.15) is 6.04 Å². The van der Waals surface area contributed by atoms with Crippen molar-refractivity contribution in [1.29, 1.82) is 0 Å². The number of nitrogens with zero attached hydrogens (tertiary/aromatic N) is 4. The van der Waals surface area contributed by atoms with Crippen molar-refractivity contribution in [3.8, 4) is 0 Å². The van der Waals surface area contributed by atoms with Crippen molar-refractivity contribution in [1.82, 2.24) is 35.7 Å². The van der Waals surface area contributed by atoms with Crippen LogP contribution in [0.15, 0.2) is 48.8 Å². The fraction of sp³-hybridized carbons (Fsp3) is 0.674. The topological polar surface area (TPSA) is 155 Å². The minimum Gasteiger partial charge on any atom is -0.379 e.